The van der Waals surface area contributed by atoms with Crippen molar-refractivity contribution in [2.75, 3.05) is 5.75 Å². The van der Waals surface area contributed by atoms with Gasteiger partial charge in [-0.3, -0.25) is 9.36 Å². The highest BCUT2D eigenvalue weighted by Gasteiger charge is 2.23. The molecule has 0 radical (unpaired) electrons. The Hall–Kier alpha value is -2.58. The van der Waals surface area contributed by atoms with Crippen LogP contribution >= 0.6 is 11.8 Å². The fraction of sp³-hybridized carbons (Fsp3) is 0.400. The third-order valence-electron chi connectivity index (χ3n) is 6.37. The van der Waals surface area contributed by atoms with Gasteiger partial charge in [0.15, 0.2) is 0 Å². The van der Waals surface area contributed by atoms with E-state index in [2.05, 4.69) is 24.3 Å². The van der Waals surface area contributed by atoms with Gasteiger partial charge in [-0.15, -0.1) is 11.8 Å². The smallest absolute Gasteiger partial charge is 0.232 e. The molecule has 0 aliphatic heterocycles. The van der Waals surface area contributed by atoms with E-state index in [0.717, 1.165) is 48.3 Å². The van der Waals surface area contributed by atoms with E-state index in [9.17, 15) is 10.1 Å². The summed E-state index contributed by atoms with van der Waals surface area (Å²) in [7, 11) is 0. The maximum Gasteiger partial charge on any atom is 0.232 e. The van der Waals surface area contributed by atoms with Crippen LogP contribution in [0.4, 0.5) is 0 Å². The van der Waals surface area contributed by atoms with Crippen molar-refractivity contribution in [3.63, 3.8) is 0 Å². The zero-order chi connectivity index (χ0) is 20.5. The number of fused-ring (bicyclic) bond motifs is 4. The maximum atomic E-state index is 13.2. The minimum atomic E-state index is 0.151. The Balaban J connectivity index is 1.36. The van der Waals surface area contributed by atoms with Crippen molar-refractivity contribution in [1.29, 1.82) is 5.26 Å². The number of hydrogen-bond acceptors (Lipinski definition) is 4. The predicted molar refractivity (Wildman–Crippen MR) is 120 cm³/mol. The average Bonchev–Trinajstić information content (AvgIpc) is 3.13. The summed E-state index contributed by atoms with van der Waals surface area (Å²) < 4.78 is 1.97. The van der Waals surface area contributed by atoms with Gasteiger partial charge in [-0.25, -0.2) is 4.98 Å². The molecule has 2 aliphatic carbocycles. The first-order chi connectivity index (χ1) is 14.8. The van der Waals surface area contributed by atoms with Crippen LogP contribution in [0.3, 0.4) is 0 Å². The van der Waals surface area contributed by atoms with Crippen molar-refractivity contribution in [3.8, 4) is 6.07 Å². The third-order valence-corrected chi connectivity index (χ3v) is 7.36. The summed E-state index contributed by atoms with van der Waals surface area (Å²) in [6.07, 6.45) is 9.20. The first-order valence-electron chi connectivity index (χ1n) is 11.0. The summed E-state index contributed by atoms with van der Waals surface area (Å²) in [4.78, 5) is 18.0. The lowest BCUT2D eigenvalue weighted by molar-refractivity contribution is 0.0912. The van der Waals surface area contributed by atoms with E-state index in [1.807, 2.05) is 16.7 Å². The number of carbonyl (C=O) groups excluding carboxylic acids is 1. The fourth-order valence-corrected chi connectivity index (χ4v) is 5.84. The Bertz CT molecular complexity index is 1170. The fourth-order valence-electron chi connectivity index (χ4n) is 4.93. The molecule has 2 aromatic heterocycles. The van der Waals surface area contributed by atoms with Crippen LogP contribution in [-0.2, 0) is 25.7 Å². The van der Waals surface area contributed by atoms with Gasteiger partial charge in [0, 0.05) is 28.9 Å². The second-order valence-corrected chi connectivity index (χ2v) is 9.33. The number of pyridine rings is 1. The summed E-state index contributed by atoms with van der Waals surface area (Å²) in [6.45, 7) is 0. The number of aryl methyl sites for hydroxylation is 3. The van der Waals surface area contributed by atoms with Crippen molar-refractivity contribution in [3.05, 3.63) is 58.4 Å². The van der Waals surface area contributed by atoms with Crippen LogP contribution in [0.15, 0.2) is 35.4 Å². The third kappa shape index (κ3) is 3.44. The molecule has 2 aliphatic rings. The van der Waals surface area contributed by atoms with Crippen LogP contribution in [0.1, 0.15) is 65.0 Å². The molecule has 0 unspecified atom stereocenters. The Kier molecular flexibility index (Phi) is 5.35. The summed E-state index contributed by atoms with van der Waals surface area (Å²) in [5.41, 5.74) is 6.63. The number of nitriles is 1. The van der Waals surface area contributed by atoms with Gasteiger partial charge in [-0.2, -0.15) is 5.26 Å². The lowest BCUT2D eigenvalue weighted by Gasteiger charge is -2.17. The Morgan fingerprint density at radius 1 is 1.10 bits per heavy atom. The van der Waals surface area contributed by atoms with E-state index in [4.69, 9.17) is 4.98 Å². The Morgan fingerprint density at radius 3 is 2.80 bits per heavy atom. The van der Waals surface area contributed by atoms with E-state index in [1.165, 1.54) is 41.5 Å². The summed E-state index contributed by atoms with van der Waals surface area (Å²) in [5.74, 6) is 0.791. The molecule has 5 rings (SSSR count). The molecular formula is C25H25N3OS. The van der Waals surface area contributed by atoms with Gasteiger partial charge in [0.2, 0.25) is 5.91 Å². The van der Waals surface area contributed by atoms with Crippen LogP contribution in [0.5, 0.6) is 0 Å². The number of benzene rings is 1. The van der Waals surface area contributed by atoms with Crippen molar-refractivity contribution >= 4 is 28.6 Å². The number of aromatic nitrogens is 2. The molecule has 0 bridgehead atoms. The summed E-state index contributed by atoms with van der Waals surface area (Å²) in [5, 5.41) is 11.6. The number of nitrogens with zero attached hydrogens (tertiary/aromatic N) is 3. The van der Waals surface area contributed by atoms with Gasteiger partial charge >= 0.3 is 0 Å². The van der Waals surface area contributed by atoms with E-state index in [0.29, 0.717) is 17.7 Å². The van der Waals surface area contributed by atoms with E-state index < -0.39 is 0 Å². The van der Waals surface area contributed by atoms with Gasteiger partial charge in [-0.1, -0.05) is 18.2 Å². The average molecular weight is 416 g/mol. The topological polar surface area (TPSA) is 58.7 Å². The van der Waals surface area contributed by atoms with E-state index in [-0.39, 0.29) is 5.91 Å². The second-order valence-electron chi connectivity index (χ2n) is 8.24. The monoisotopic (exact) mass is 415 g/mol. The van der Waals surface area contributed by atoms with Crippen LogP contribution < -0.4 is 0 Å². The molecule has 0 atom stereocenters. The molecule has 0 N–H and O–H groups in total. The van der Waals surface area contributed by atoms with E-state index >= 15 is 0 Å². The number of para-hydroxylation sites is 1. The first-order valence-corrected chi connectivity index (χ1v) is 11.9. The van der Waals surface area contributed by atoms with Gasteiger partial charge in [0.25, 0.3) is 0 Å². The van der Waals surface area contributed by atoms with Gasteiger partial charge in [0.1, 0.15) is 11.1 Å². The maximum absolute atomic E-state index is 13.2. The molecule has 30 heavy (non-hydrogen) atoms. The molecule has 152 valence electrons. The van der Waals surface area contributed by atoms with Crippen LogP contribution in [0.25, 0.3) is 10.9 Å². The molecule has 2 heterocycles. The lowest BCUT2D eigenvalue weighted by atomic mass is 9.95. The molecule has 0 spiro atoms. The van der Waals surface area contributed by atoms with Gasteiger partial charge in [0.05, 0.1) is 11.1 Å². The number of rotatable bonds is 4. The second kappa shape index (κ2) is 8.28. The Morgan fingerprint density at radius 2 is 1.90 bits per heavy atom. The minimum Gasteiger partial charge on any atom is -0.284 e. The lowest BCUT2D eigenvalue weighted by Crippen LogP contribution is -2.16. The number of carbonyl (C=O) groups is 1. The first kappa shape index (κ1) is 19.4. The SMILES string of the molecule is N#Cc1cc2c(nc1SCCC(=O)n1c3c(c4ccccc41)CCCC3)CCCC2. The zero-order valence-corrected chi connectivity index (χ0v) is 17.9. The van der Waals surface area contributed by atoms with Crippen molar-refractivity contribution in [2.24, 2.45) is 0 Å². The van der Waals surface area contributed by atoms with Crippen LogP contribution in [0.2, 0.25) is 0 Å². The predicted octanol–water partition coefficient (Wildman–Crippen LogP) is 5.49. The molecule has 5 heteroatoms. The summed E-state index contributed by atoms with van der Waals surface area (Å²) in [6, 6.07) is 12.6. The van der Waals surface area contributed by atoms with Crippen LogP contribution in [0, 0.1) is 11.3 Å². The van der Waals surface area contributed by atoms with Crippen molar-refractivity contribution < 1.29 is 4.79 Å². The highest BCUT2D eigenvalue weighted by molar-refractivity contribution is 7.99. The highest BCUT2D eigenvalue weighted by atomic mass is 32.2. The highest BCUT2D eigenvalue weighted by Crippen LogP contribution is 2.33. The van der Waals surface area contributed by atoms with Crippen molar-refractivity contribution in [2.45, 2.75) is 62.8 Å². The quantitative estimate of drug-likeness (QED) is 0.529. The standard InChI is InChI=1S/C25H25N3OS/c26-16-18-15-17-7-1-4-10-21(17)27-25(18)30-14-13-24(29)28-22-11-5-2-8-19(22)20-9-3-6-12-23(20)28/h2,5,8,11,15H,1,3-4,6-7,9-10,12-14H2. The normalized spacial score (nSPS) is 15.4. The van der Waals surface area contributed by atoms with Crippen molar-refractivity contribution in [1.82, 2.24) is 9.55 Å². The number of thioether (sulfide) groups is 1. The summed E-state index contributed by atoms with van der Waals surface area (Å²) >= 11 is 1.55. The van der Waals surface area contributed by atoms with Gasteiger partial charge < -0.3 is 0 Å². The molecular weight excluding hydrogens is 390 g/mol. The molecule has 0 fully saturated rings. The molecule has 0 amide bonds. The molecule has 1 aromatic carbocycles. The number of hydrogen-bond donors (Lipinski definition) is 0. The van der Waals surface area contributed by atoms with Gasteiger partial charge in [-0.05, 0) is 74.6 Å². The molecule has 3 aromatic rings. The molecule has 4 nitrogen and oxygen atoms in total. The molecule has 0 saturated heterocycles. The molecule has 0 saturated carbocycles. The Labute approximate surface area is 181 Å². The largest absolute Gasteiger partial charge is 0.284 e. The van der Waals surface area contributed by atoms with Crippen LogP contribution in [-0.4, -0.2) is 21.2 Å². The zero-order valence-electron chi connectivity index (χ0n) is 17.1. The minimum absolute atomic E-state index is 0.151. The van der Waals surface area contributed by atoms with E-state index in [1.54, 1.807) is 11.8 Å².